The van der Waals surface area contributed by atoms with Crippen molar-refractivity contribution in [2.45, 2.75) is 0 Å². The van der Waals surface area contributed by atoms with E-state index in [1.807, 2.05) is 0 Å². The van der Waals surface area contributed by atoms with Gasteiger partial charge in [-0.1, -0.05) is 0 Å². The van der Waals surface area contributed by atoms with Crippen LogP contribution in [0.5, 0.6) is 0 Å². The van der Waals surface area contributed by atoms with Crippen LogP contribution in [0, 0.1) is 0 Å². The summed E-state index contributed by atoms with van der Waals surface area (Å²) in [6.45, 7) is 0.426. The van der Waals surface area contributed by atoms with Crippen molar-refractivity contribution in [1.29, 1.82) is 0 Å². The van der Waals surface area contributed by atoms with Crippen LogP contribution in [0.1, 0.15) is 0 Å². The maximum absolute atomic E-state index is 9.35. The molecule has 0 heterocycles. The molecule has 0 bridgehead atoms. The van der Waals surface area contributed by atoms with Crippen molar-refractivity contribution >= 4 is 12.9 Å². The van der Waals surface area contributed by atoms with Crippen molar-refractivity contribution in [3.8, 4) is 0 Å². The summed E-state index contributed by atoms with van der Waals surface area (Å²) in [5, 5.41) is 0. The molecule has 0 aromatic rings. The Labute approximate surface area is 45.7 Å². The van der Waals surface area contributed by atoms with Gasteiger partial charge in [-0.05, 0) is 0 Å². The van der Waals surface area contributed by atoms with E-state index in [1.54, 1.807) is 0 Å². The SMILES string of the molecule is O=CO/C=C\OC=O. The fraction of sp³-hybridized carbons (Fsp3) is 0. The third-order valence-corrected chi connectivity index (χ3v) is 0.324. The molecule has 0 aliphatic carbocycles. The predicted octanol–water partition coefficient (Wildman–Crippen LogP) is -0.196. The molecule has 0 aromatic carbocycles. The molecule has 0 aliphatic rings. The van der Waals surface area contributed by atoms with Gasteiger partial charge in [0.1, 0.15) is 12.5 Å². The van der Waals surface area contributed by atoms with Crippen LogP contribution in [0.15, 0.2) is 12.5 Å². The Kier molecular flexibility index (Phi) is 4.74. The molecular weight excluding hydrogens is 112 g/mol. The molecule has 0 spiro atoms. The van der Waals surface area contributed by atoms with Crippen molar-refractivity contribution in [2.75, 3.05) is 0 Å². The Morgan fingerprint density at radius 3 is 1.50 bits per heavy atom. The number of hydrogen-bond acceptors (Lipinski definition) is 4. The molecule has 4 heteroatoms. The minimum absolute atomic E-state index is 0.213. The summed E-state index contributed by atoms with van der Waals surface area (Å²) in [6, 6.07) is 0. The first-order valence-corrected chi connectivity index (χ1v) is 1.75. The maximum atomic E-state index is 9.35. The number of carbonyl (C=O) groups excluding carboxylic acids is 2. The molecule has 0 radical (unpaired) electrons. The third-order valence-electron chi connectivity index (χ3n) is 0.324. The molecule has 0 aliphatic heterocycles. The van der Waals surface area contributed by atoms with Crippen LogP contribution in [0.3, 0.4) is 0 Å². The van der Waals surface area contributed by atoms with Gasteiger partial charge in [0.05, 0.1) is 0 Å². The molecule has 0 N–H and O–H groups in total. The van der Waals surface area contributed by atoms with Crippen LogP contribution in [0.4, 0.5) is 0 Å². The molecule has 0 rings (SSSR count). The first kappa shape index (κ1) is 6.68. The largest absolute Gasteiger partial charge is 0.433 e. The molecule has 0 amide bonds. The summed E-state index contributed by atoms with van der Waals surface area (Å²) in [6.07, 6.45) is 1.89. The average molecular weight is 116 g/mol. The van der Waals surface area contributed by atoms with Gasteiger partial charge in [-0.25, -0.2) is 0 Å². The van der Waals surface area contributed by atoms with Crippen LogP contribution in [-0.2, 0) is 19.1 Å². The van der Waals surface area contributed by atoms with E-state index in [-0.39, 0.29) is 12.9 Å². The van der Waals surface area contributed by atoms with Crippen molar-refractivity contribution in [2.24, 2.45) is 0 Å². The molecule has 8 heavy (non-hydrogen) atoms. The molecule has 0 atom stereocenters. The molecule has 0 saturated carbocycles. The quantitative estimate of drug-likeness (QED) is 0.377. The zero-order chi connectivity index (χ0) is 6.24. The highest BCUT2D eigenvalue weighted by Crippen LogP contribution is 1.71. The monoisotopic (exact) mass is 116 g/mol. The lowest BCUT2D eigenvalue weighted by atomic mass is 11.0. The normalized spacial score (nSPS) is 8.50. The Morgan fingerprint density at radius 1 is 0.875 bits per heavy atom. The molecule has 0 unspecified atom stereocenters. The minimum Gasteiger partial charge on any atom is -0.433 e. The molecule has 0 saturated heterocycles. The summed E-state index contributed by atoms with van der Waals surface area (Å²) >= 11 is 0. The van der Waals surface area contributed by atoms with Gasteiger partial charge < -0.3 is 9.47 Å². The van der Waals surface area contributed by atoms with Crippen LogP contribution in [-0.4, -0.2) is 12.9 Å². The standard InChI is InChI=1S/C4H4O4/c5-3-7-1-2-8-4-6/h1-4H/b2-1-. The van der Waals surface area contributed by atoms with Gasteiger partial charge in [0.25, 0.3) is 12.9 Å². The smallest absolute Gasteiger partial charge is 0.298 e. The summed E-state index contributed by atoms with van der Waals surface area (Å²) in [5.41, 5.74) is 0. The second-order valence-corrected chi connectivity index (χ2v) is 0.737. The second-order valence-electron chi connectivity index (χ2n) is 0.737. The molecule has 4 nitrogen and oxygen atoms in total. The number of carbonyl (C=O) groups is 2. The first-order valence-electron chi connectivity index (χ1n) is 1.75. The highest BCUT2D eigenvalue weighted by molar-refractivity contribution is 5.39. The Balaban J connectivity index is 3.06. The van der Waals surface area contributed by atoms with Crippen LogP contribution in [0.25, 0.3) is 0 Å². The number of ether oxygens (including phenoxy) is 2. The zero-order valence-electron chi connectivity index (χ0n) is 3.94. The lowest BCUT2D eigenvalue weighted by Crippen LogP contribution is -1.76. The lowest BCUT2D eigenvalue weighted by Gasteiger charge is -1.81. The van der Waals surface area contributed by atoms with Crippen molar-refractivity contribution in [1.82, 2.24) is 0 Å². The van der Waals surface area contributed by atoms with E-state index < -0.39 is 0 Å². The first-order chi connectivity index (χ1) is 3.91. The third kappa shape index (κ3) is 4.68. The van der Waals surface area contributed by atoms with Crippen LogP contribution >= 0.6 is 0 Å². The number of rotatable bonds is 4. The highest BCUT2D eigenvalue weighted by atomic mass is 16.5. The van der Waals surface area contributed by atoms with Gasteiger partial charge in [0, 0.05) is 0 Å². The number of hydrogen-bond donors (Lipinski definition) is 0. The summed E-state index contributed by atoms with van der Waals surface area (Å²) in [4.78, 5) is 18.7. The average Bonchev–Trinajstić information content (AvgIpc) is 1.81. The van der Waals surface area contributed by atoms with E-state index in [0.29, 0.717) is 0 Å². The fourth-order valence-corrected chi connectivity index (χ4v) is 0.128. The minimum atomic E-state index is 0.213. The van der Waals surface area contributed by atoms with Crippen molar-refractivity contribution < 1.29 is 19.1 Å². The van der Waals surface area contributed by atoms with Crippen LogP contribution < -0.4 is 0 Å². The lowest BCUT2D eigenvalue weighted by molar-refractivity contribution is -0.126. The Bertz CT molecular complexity index is 84.2. The van der Waals surface area contributed by atoms with Crippen molar-refractivity contribution in [3.05, 3.63) is 12.5 Å². The van der Waals surface area contributed by atoms with Gasteiger partial charge in [0.2, 0.25) is 0 Å². The fourth-order valence-electron chi connectivity index (χ4n) is 0.128. The summed E-state index contributed by atoms with van der Waals surface area (Å²) in [7, 11) is 0. The highest BCUT2D eigenvalue weighted by Gasteiger charge is 1.67. The van der Waals surface area contributed by atoms with Crippen LogP contribution in [0.2, 0.25) is 0 Å². The predicted molar refractivity (Wildman–Crippen MR) is 23.4 cm³/mol. The maximum Gasteiger partial charge on any atom is 0.298 e. The Morgan fingerprint density at radius 2 is 1.25 bits per heavy atom. The summed E-state index contributed by atoms with van der Waals surface area (Å²) in [5.74, 6) is 0. The molecule has 0 aromatic heterocycles. The van der Waals surface area contributed by atoms with E-state index in [4.69, 9.17) is 0 Å². The second kappa shape index (κ2) is 5.68. The van der Waals surface area contributed by atoms with Gasteiger partial charge >= 0.3 is 0 Å². The van der Waals surface area contributed by atoms with E-state index >= 15 is 0 Å². The molecule has 44 valence electrons. The van der Waals surface area contributed by atoms with Gasteiger partial charge in [0.15, 0.2) is 0 Å². The molecular formula is C4H4O4. The topological polar surface area (TPSA) is 52.6 Å². The van der Waals surface area contributed by atoms with E-state index in [9.17, 15) is 9.59 Å². The zero-order valence-corrected chi connectivity index (χ0v) is 3.94. The van der Waals surface area contributed by atoms with Gasteiger partial charge in [-0.15, -0.1) is 0 Å². The van der Waals surface area contributed by atoms with E-state index in [1.165, 1.54) is 0 Å². The van der Waals surface area contributed by atoms with Crippen molar-refractivity contribution in [3.63, 3.8) is 0 Å². The van der Waals surface area contributed by atoms with E-state index in [0.717, 1.165) is 12.5 Å². The Hall–Kier alpha value is -1.32. The van der Waals surface area contributed by atoms with Gasteiger partial charge in [-0.2, -0.15) is 0 Å². The van der Waals surface area contributed by atoms with Gasteiger partial charge in [-0.3, -0.25) is 9.59 Å². The van der Waals surface area contributed by atoms with E-state index in [2.05, 4.69) is 9.47 Å². The summed E-state index contributed by atoms with van der Waals surface area (Å²) < 4.78 is 7.98. The molecule has 0 fully saturated rings.